The Morgan fingerprint density at radius 1 is 1.14 bits per heavy atom. The molecule has 0 saturated heterocycles. The van der Waals surface area contributed by atoms with Gasteiger partial charge in [-0.3, -0.25) is 0 Å². The van der Waals surface area contributed by atoms with E-state index in [1.165, 1.54) is 15.6 Å². The fourth-order valence-corrected chi connectivity index (χ4v) is 1.84. The van der Waals surface area contributed by atoms with Gasteiger partial charge in [0.1, 0.15) is 5.82 Å². The van der Waals surface area contributed by atoms with Gasteiger partial charge in [0.25, 0.3) is 5.95 Å². The summed E-state index contributed by atoms with van der Waals surface area (Å²) < 4.78 is 15.3. The first-order valence-corrected chi connectivity index (χ1v) is 6.15. The summed E-state index contributed by atoms with van der Waals surface area (Å²) in [5, 5.41) is 4.03. The van der Waals surface area contributed by atoms with E-state index in [1.54, 1.807) is 43.7 Å². The van der Waals surface area contributed by atoms with Crippen molar-refractivity contribution in [3.05, 3.63) is 48.5 Å². The molecule has 3 aromatic rings. The normalized spacial score (nSPS) is 10.6. The van der Waals surface area contributed by atoms with E-state index in [9.17, 15) is 4.39 Å². The van der Waals surface area contributed by atoms with Crippen molar-refractivity contribution < 1.29 is 4.39 Å². The molecule has 0 bridgehead atoms. The first kappa shape index (κ1) is 13.0. The van der Waals surface area contributed by atoms with E-state index < -0.39 is 0 Å². The van der Waals surface area contributed by atoms with Gasteiger partial charge in [0, 0.05) is 19.4 Å². The van der Waals surface area contributed by atoms with Gasteiger partial charge >= 0.3 is 0 Å². The minimum absolute atomic E-state index is 0.0358. The van der Waals surface area contributed by atoms with Crippen molar-refractivity contribution in [2.24, 2.45) is 0 Å². The Hall–Kier alpha value is -3.03. The molecule has 2 heterocycles. The first-order valence-electron chi connectivity index (χ1n) is 6.15. The van der Waals surface area contributed by atoms with Gasteiger partial charge in [-0.05, 0) is 18.2 Å². The molecule has 0 aliphatic heterocycles. The minimum atomic E-state index is -0.375. The summed E-state index contributed by atoms with van der Waals surface area (Å²) >= 11 is 0. The summed E-state index contributed by atoms with van der Waals surface area (Å²) in [6.07, 6.45) is 3.28. The van der Waals surface area contributed by atoms with Crippen molar-refractivity contribution in [2.45, 2.75) is 0 Å². The van der Waals surface area contributed by atoms with Crippen LogP contribution in [0.4, 0.5) is 22.0 Å². The standard InChI is InChI=1S/C13H12FN7/c1-20(10-6-3-2-5-9(10)14)12-17-11(15)18-13(19-12)21-8-4-7-16-21/h2-8H,1H3,(H2,15,17,18,19). The molecule has 0 unspecified atom stereocenters. The summed E-state index contributed by atoms with van der Waals surface area (Å²) in [6, 6.07) is 8.07. The van der Waals surface area contributed by atoms with E-state index in [0.29, 0.717) is 5.69 Å². The number of anilines is 3. The van der Waals surface area contributed by atoms with E-state index in [2.05, 4.69) is 20.1 Å². The zero-order valence-corrected chi connectivity index (χ0v) is 11.2. The predicted octanol–water partition coefficient (Wildman–Crippen LogP) is 1.55. The van der Waals surface area contributed by atoms with Crippen molar-refractivity contribution in [2.75, 3.05) is 17.7 Å². The Bertz CT molecular complexity index is 757. The summed E-state index contributed by atoms with van der Waals surface area (Å²) in [7, 11) is 1.65. The van der Waals surface area contributed by atoms with Crippen molar-refractivity contribution >= 4 is 17.6 Å². The van der Waals surface area contributed by atoms with E-state index >= 15 is 0 Å². The second-order valence-electron chi connectivity index (χ2n) is 4.25. The third-order valence-electron chi connectivity index (χ3n) is 2.85. The van der Waals surface area contributed by atoms with Crippen LogP contribution in [0.15, 0.2) is 42.7 Å². The molecule has 0 atom stereocenters. The molecule has 21 heavy (non-hydrogen) atoms. The molecule has 0 amide bonds. The van der Waals surface area contributed by atoms with E-state index in [4.69, 9.17) is 5.73 Å². The van der Waals surface area contributed by atoms with Gasteiger partial charge in [0.05, 0.1) is 5.69 Å². The van der Waals surface area contributed by atoms with Gasteiger partial charge in [-0.1, -0.05) is 12.1 Å². The van der Waals surface area contributed by atoms with Crippen LogP contribution >= 0.6 is 0 Å². The molecule has 2 N–H and O–H groups in total. The Morgan fingerprint density at radius 3 is 2.67 bits per heavy atom. The predicted molar refractivity (Wildman–Crippen MR) is 75.8 cm³/mol. The zero-order chi connectivity index (χ0) is 14.8. The average molecular weight is 285 g/mol. The summed E-state index contributed by atoms with van der Waals surface area (Å²) in [5.41, 5.74) is 6.04. The van der Waals surface area contributed by atoms with Crippen LogP contribution in [0.1, 0.15) is 0 Å². The third-order valence-corrected chi connectivity index (χ3v) is 2.85. The van der Waals surface area contributed by atoms with Gasteiger partial charge in [-0.15, -0.1) is 0 Å². The van der Waals surface area contributed by atoms with Crippen molar-refractivity contribution in [1.29, 1.82) is 0 Å². The lowest BCUT2D eigenvalue weighted by atomic mass is 10.3. The Kier molecular flexibility index (Phi) is 3.19. The maximum atomic E-state index is 13.8. The third kappa shape index (κ3) is 2.50. The minimum Gasteiger partial charge on any atom is -0.368 e. The fourth-order valence-electron chi connectivity index (χ4n) is 1.84. The second kappa shape index (κ2) is 5.16. The number of nitrogens with two attached hydrogens (primary N) is 1. The van der Waals surface area contributed by atoms with Crippen LogP contribution < -0.4 is 10.6 Å². The lowest BCUT2D eigenvalue weighted by molar-refractivity contribution is 0.626. The van der Waals surface area contributed by atoms with Gasteiger partial charge < -0.3 is 10.6 Å². The number of para-hydroxylation sites is 1. The molecule has 0 aliphatic carbocycles. The zero-order valence-electron chi connectivity index (χ0n) is 11.2. The molecule has 8 heteroatoms. The Morgan fingerprint density at radius 2 is 1.95 bits per heavy atom. The molecule has 0 radical (unpaired) electrons. The molecule has 1 aromatic carbocycles. The molecule has 3 rings (SSSR count). The smallest absolute Gasteiger partial charge is 0.257 e. The van der Waals surface area contributed by atoms with E-state index in [1.807, 2.05) is 0 Å². The molecule has 0 spiro atoms. The number of halogens is 1. The number of hydrogen-bond donors (Lipinski definition) is 1. The molecular formula is C13H12FN7. The average Bonchev–Trinajstić information content (AvgIpc) is 3.01. The molecule has 2 aromatic heterocycles. The number of rotatable bonds is 3. The molecular weight excluding hydrogens is 273 g/mol. The maximum Gasteiger partial charge on any atom is 0.257 e. The lowest BCUT2D eigenvalue weighted by Gasteiger charge is -2.18. The van der Waals surface area contributed by atoms with Crippen LogP contribution in [0, 0.1) is 5.82 Å². The van der Waals surface area contributed by atoms with Crippen molar-refractivity contribution in [3.8, 4) is 5.95 Å². The summed E-state index contributed by atoms with van der Waals surface area (Å²) in [6.45, 7) is 0. The van der Waals surface area contributed by atoms with Crippen molar-refractivity contribution in [3.63, 3.8) is 0 Å². The topological polar surface area (TPSA) is 85.8 Å². The first-order chi connectivity index (χ1) is 10.1. The van der Waals surface area contributed by atoms with Gasteiger partial charge in [-0.2, -0.15) is 20.1 Å². The second-order valence-corrected chi connectivity index (χ2v) is 4.25. The van der Waals surface area contributed by atoms with Crippen LogP contribution in [-0.2, 0) is 0 Å². The Labute approximate surface area is 119 Å². The Balaban J connectivity index is 2.05. The highest BCUT2D eigenvalue weighted by Crippen LogP contribution is 2.23. The van der Waals surface area contributed by atoms with E-state index in [0.717, 1.165) is 0 Å². The van der Waals surface area contributed by atoms with Crippen LogP contribution in [0.25, 0.3) is 5.95 Å². The fraction of sp³-hybridized carbons (Fsp3) is 0.0769. The molecule has 7 nitrogen and oxygen atoms in total. The van der Waals surface area contributed by atoms with Crippen LogP contribution in [-0.4, -0.2) is 31.8 Å². The monoisotopic (exact) mass is 285 g/mol. The highest BCUT2D eigenvalue weighted by Gasteiger charge is 2.14. The highest BCUT2D eigenvalue weighted by molar-refractivity contribution is 5.57. The summed E-state index contributed by atoms with van der Waals surface area (Å²) in [5.74, 6) is 0.164. The van der Waals surface area contributed by atoms with Crippen molar-refractivity contribution in [1.82, 2.24) is 24.7 Å². The molecule has 0 saturated carbocycles. The van der Waals surface area contributed by atoms with Crippen LogP contribution in [0.2, 0.25) is 0 Å². The maximum absolute atomic E-state index is 13.8. The number of hydrogen-bond acceptors (Lipinski definition) is 6. The largest absolute Gasteiger partial charge is 0.368 e. The molecule has 0 aliphatic rings. The lowest BCUT2D eigenvalue weighted by Crippen LogP contribution is -2.18. The van der Waals surface area contributed by atoms with Crippen LogP contribution in [0.5, 0.6) is 0 Å². The summed E-state index contributed by atoms with van der Waals surface area (Å²) in [4.78, 5) is 13.8. The number of aromatic nitrogens is 5. The van der Waals surface area contributed by atoms with Gasteiger partial charge in [-0.25, -0.2) is 9.07 Å². The SMILES string of the molecule is CN(c1nc(N)nc(-n2cccn2)n1)c1ccccc1F. The quantitative estimate of drug-likeness (QED) is 0.785. The highest BCUT2D eigenvalue weighted by atomic mass is 19.1. The number of nitrogen functional groups attached to an aromatic ring is 1. The van der Waals surface area contributed by atoms with Gasteiger partial charge in [0.15, 0.2) is 0 Å². The van der Waals surface area contributed by atoms with Crippen LogP contribution in [0.3, 0.4) is 0 Å². The van der Waals surface area contributed by atoms with Gasteiger partial charge in [0.2, 0.25) is 11.9 Å². The molecule has 106 valence electrons. The number of nitrogens with zero attached hydrogens (tertiary/aromatic N) is 6. The number of benzene rings is 1. The molecule has 0 fully saturated rings. The van der Waals surface area contributed by atoms with E-state index in [-0.39, 0.29) is 23.7 Å².